The van der Waals surface area contributed by atoms with Crippen LogP contribution in [-0.4, -0.2) is 32.6 Å². The summed E-state index contributed by atoms with van der Waals surface area (Å²) in [7, 11) is 0. The predicted octanol–water partition coefficient (Wildman–Crippen LogP) is 2.36. The summed E-state index contributed by atoms with van der Waals surface area (Å²) >= 11 is 5.84. The number of rotatable bonds is 6. The van der Waals surface area contributed by atoms with Crippen molar-refractivity contribution in [1.29, 1.82) is 0 Å². The number of anilines is 1. The van der Waals surface area contributed by atoms with Crippen molar-refractivity contribution in [2.45, 2.75) is 26.4 Å². The summed E-state index contributed by atoms with van der Waals surface area (Å²) in [6, 6.07) is 4.16. The molecule has 7 heteroatoms. The Morgan fingerprint density at radius 3 is 2.65 bits per heavy atom. The molecule has 0 fully saturated rings. The van der Waals surface area contributed by atoms with Gasteiger partial charge in [-0.05, 0) is 49.6 Å². The predicted molar refractivity (Wildman–Crippen MR) is 77.0 cm³/mol. The molecule has 20 heavy (non-hydrogen) atoms. The minimum absolute atomic E-state index is 0.0156. The van der Waals surface area contributed by atoms with Crippen molar-refractivity contribution in [1.82, 2.24) is 19.9 Å². The molecule has 2 aromatic heterocycles. The van der Waals surface area contributed by atoms with Gasteiger partial charge in [0.25, 0.3) is 0 Å². The van der Waals surface area contributed by atoms with E-state index in [4.69, 9.17) is 16.3 Å². The molecule has 0 bridgehead atoms. The molecule has 0 aliphatic rings. The summed E-state index contributed by atoms with van der Waals surface area (Å²) in [4.78, 5) is 16.1. The summed E-state index contributed by atoms with van der Waals surface area (Å²) in [5.74, 6) is 0.412. The number of nitrogens with one attached hydrogen (secondary N) is 1. The highest BCUT2D eigenvalue weighted by Crippen LogP contribution is 2.12. The van der Waals surface area contributed by atoms with Crippen LogP contribution in [-0.2, 0) is 6.42 Å². The van der Waals surface area contributed by atoms with E-state index in [0.29, 0.717) is 12.5 Å². The first kappa shape index (κ1) is 14.5. The molecule has 0 atom stereocenters. The molecular formula is C13H16ClN5O. The number of hydrogen-bond acceptors (Lipinski definition) is 6. The molecule has 0 amide bonds. The van der Waals surface area contributed by atoms with E-state index in [1.54, 1.807) is 12.4 Å². The highest BCUT2D eigenvalue weighted by Gasteiger charge is 2.07. The maximum atomic E-state index is 5.84. The third-order valence-corrected chi connectivity index (χ3v) is 2.54. The van der Waals surface area contributed by atoms with Crippen LogP contribution in [0.1, 0.15) is 19.4 Å². The first-order valence-corrected chi connectivity index (χ1v) is 6.72. The second-order valence-electron chi connectivity index (χ2n) is 4.41. The summed E-state index contributed by atoms with van der Waals surface area (Å²) in [5.41, 5.74) is 1.19. The fourth-order valence-electron chi connectivity index (χ4n) is 1.54. The van der Waals surface area contributed by atoms with Crippen LogP contribution in [0, 0.1) is 0 Å². The highest BCUT2D eigenvalue weighted by molar-refractivity contribution is 6.28. The smallest absolute Gasteiger partial charge is 0.322 e. The third kappa shape index (κ3) is 4.62. The lowest BCUT2D eigenvalue weighted by Gasteiger charge is -2.09. The van der Waals surface area contributed by atoms with Crippen LogP contribution in [0.2, 0.25) is 5.28 Å². The minimum atomic E-state index is -0.0156. The Balaban J connectivity index is 1.93. The molecule has 6 nitrogen and oxygen atoms in total. The summed E-state index contributed by atoms with van der Waals surface area (Å²) < 4.78 is 5.41. The first-order valence-electron chi connectivity index (χ1n) is 6.34. The van der Waals surface area contributed by atoms with Gasteiger partial charge in [-0.2, -0.15) is 15.0 Å². The van der Waals surface area contributed by atoms with E-state index in [1.165, 1.54) is 5.56 Å². The van der Waals surface area contributed by atoms with Crippen molar-refractivity contribution in [2.75, 3.05) is 11.9 Å². The number of halogens is 1. The molecular weight excluding hydrogens is 278 g/mol. The van der Waals surface area contributed by atoms with E-state index < -0.39 is 0 Å². The molecule has 1 N–H and O–H groups in total. The summed E-state index contributed by atoms with van der Waals surface area (Å²) in [5, 5.41) is 3.21. The minimum Gasteiger partial charge on any atom is -0.461 e. The lowest BCUT2D eigenvalue weighted by molar-refractivity contribution is 0.222. The molecule has 0 saturated heterocycles. The van der Waals surface area contributed by atoms with Crippen LogP contribution in [0.5, 0.6) is 6.01 Å². The van der Waals surface area contributed by atoms with Gasteiger partial charge in [-0.3, -0.25) is 4.98 Å². The number of ether oxygens (including phenoxy) is 1. The van der Waals surface area contributed by atoms with Crippen LogP contribution in [0.4, 0.5) is 5.95 Å². The maximum absolute atomic E-state index is 5.84. The van der Waals surface area contributed by atoms with Crippen LogP contribution in [0.15, 0.2) is 24.5 Å². The van der Waals surface area contributed by atoms with Crippen molar-refractivity contribution in [2.24, 2.45) is 0 Å². The van der Waals surface area contributed by atoms with Crippen LogP contribution < -0.4 is 10.1 Å². The van der Waals surface area contributed by atoms with Gasteiger partial charge in [0.1, 0.15) is 0 Å². The molecule has 0 aliphatic heterocycles. The van der Waals surface area contributed by atoms with Gasteiger partial charge >= 0.3 is 6.01 Å². The normalized spacial score (nSPS) is 10.6. The fraction of sp³-hybridized carbons (Fsp3) is 0.385. The Morgan fingerprint density at radius 2 is 1.95 bits per heavy atom. The second-order valence-corrected chi connectivity index (χ2v) is 4.75. The Labute approximate surface area is 122 Å². The number of aromatic nitrogens is 4. The highest BCUT2D eigenvalue weighted by atomic mass is 35.5. The van der Waals surface area contributed by atoms with E-state index in [2.05, 4.69) is 25.3 Å². The van der Waals surface area contributed by atoms with E-state index in [-0.39, 0.29) is 17.4 Å². The van der Waals surface area contributed by atoms with E-state index >= 15 is 0 Å². The number of nitrogens with zero attached hydrogens (tertiary/aromatic N) is 4. The first-order chi connectivity index (χ1) is 9.63. The largest absolute Gasteiger partial charge is 0.461 e. The molecule has 2 aromatic rings. The van der Waals surface area contributed by atoms with Gasteiger partial charge in [-0.25, -0.2) is 0 Å². The van der Waals surface area contributed by atoms with Gasteiger partial charge in [0, 0.05) is 18.9 Å². The quantitative estimate of drug-likeness (QED) is 0.881. The van der Waals surface area contributed by atoms with Crippen molar-refractivity contribution in [3.63, 3.8) is 0 Å². The zero-order valence-corrected chi connectivity index (χ0v) is 12.1. The van der Waals surface area contributed by atoms with Gasteiger partial charge in [-0.1, -0.05) is 0 Å². The lowest BCUT2D eigenvalue weighted by atomic mass is 10.2. The van der Waals surface area contributed by atoms with E-state index in [9.17, 15) is 0 Å². The molecule has 0 radical (unpaired) electrons. The van der Waals surface area contributed by atoms with Gasteiger partial charge in [0.15, 0.2) is 0 Å². The zero-order chi connectivity index (χ0) is 14.4. The molecule has 0 aliphatic carbocycles. The molecule has 0 spiro atoms. The standard InChI is InChI=1S/C13H16ClN5O/c1-9(2)20-13-18-11(14)17-12(19-13)16-8-5-10-3-6-15-7-4-10/h3-4,6-7,9H,5,8H2,1-2H3,(H,16,17,18,19). The molecule has 0 saturated carbocycles. The van der Waals surface area contributed by atoms with Crippen LogP contribution >= 0.6 is 11.6 Å². The van der Waals surface area contributed by atoms with Crippen molar-refractivity contribution in [3.05, 3.63) is 35.4 Å². The number of pyridine rings is 1. The Hall–Kier alpha value is -1.95. The maximum Gasteiger partial charge on any atom is 0.322 e. The molecule has 2 rings (SSSR count). The molecule has 0 aromatic carbocycles. The van der Waals surface area contributed by atoms with Gasteiger partial charge in [0.2, 0.25) is 11.2 Å². The van der Waals surface area contributed by atoms with E-state index in [1.807, 2.05) is 26.0 Å². The lowest BCUT2D eigenvalue weighted by Crippen LogP contribution is -2.12. The summed E-state index contributed by atoms with van der Waals surface area (Å²) in [6.07, 6.45) is 4.36. The molecule has 0 unspecified atom stereocenters. The SMILES string of the molecule is CC(C)Oc1nc(Cl)nc(NCCc2ccncc2)n1. The van der Waals surface area contributed by atoms with Crippen molar-refractivity contribution in [3.8, 4) is 6.01 Å². The Bertz CT molecular complexity index is 550. The van der Waals surface area contributed by atoms with Crippen LogP contribution in [0.3, 0.4) is 0 Å². The molecule has 106 valence electrons. The zero-order valence-electron chi connectivity index (χ0n) is 11.4. The topological polar surface area (TPSA) is 72.8 Å². The number of hydrogen-bond donors (Lipinski definition) is 1. The van der Waals surface area contributed by atoms with Crippen LogP contribution in [0.25, 0.3) is 0 Å². The molecule has 2 heterocycles. The average molecular weight is 294 g/mol. The Morgan fingerprint density at radius 1 is 1.20 bits per heavy atom. The summed E-state index contributed by atoms with van der Waals surface area (Å²) in [6.45, 7) is 4.48. The average Bonchev–Trinajstić information content (AvgIpc) is 2.38. The monoisotopic (exact) mass is 293 g/mol. The Kier molecular flexibility index (Phi) is 5.06. The van der Waals surface area contributed by atoms with Gasteiger partial charge < -0.3 is 10.1 Å². The van der Waals surface area contributed by atoms with Crippen molar-refractivity contribution >= 4 is 17.5 Å². The fourth-order valence-corrected chi connectivity index (χ4v) is 1.69. The van der Waals surface area contributed by atoms with E-state index in [0.717, 1.165) is 6.42 Å². The van der Waals surface area contributed by atoms with Gasteiger partial charge in [-0.15, -0.1) is 0 Å². The van der Waals surface area contributed by atoms with Gasteiger partial charge in [0.05, 0.1) is 6.10 Å². The second kappa shape index (κ2) is 7.00. The van der Waals surface area contributed by atoms with Crippen molar-refractivity contribution < 1.29 is 4.74 Å². The third-order valence-electron chi connectivity index (χ3n) is 2.37.